The van der Waals surface area contributed by atoms with Gasteiger partial charge in [-0.05, 0) is 54.1 Å². The number of benzene rings is 3. The van der Waals surface area contributed by atoms with Crippen molar-refractivity contribution in [3.63, 3.8) is 0 Å². The maximum Gasteiger partial charge on any atom is 0.311 e. The number of ketones is 1. The van der Waals surface area contributed by atoms with E-state index >= 15 is 0 Å². The molecule has 3 aromatic carbocycles. The van der Waals surface area contributed by atoms with E-state index in [1.807, 2.05) is 0 Å². The number of aromatic hydroxyl groups is 1. The van der Waals surface area contributed by atoms with Gasteiger partial charge in [0.05, 0.1) is 12.0 Å². The second-order valence-electron chi connectivity index (χ2n) is 6.47. The van der Waals surface area contributed by atoms with Crippen LogP contribution in [-0.4, -0.2) is 22.9 Å². The molecule has 0 saturated carbocycles. The normalized spacial score (nSPS) is 10.8. The van der Waals surface area contributed by atoms with Crippen LogP contribution < -0.4 is 9.47 Å². The first-order chi connectivity index (χ1) is 14.9. The summed E-state index contributed by atoms with van der Waals surface area (Å²) >= 11 is 0. The zero-order chi connectivity index (χ0) is 22.4. The van der Waals surface area contributed by atoms with Crippen LogP contribution in [0.25, 0.3) is 6.08 Å². The summed E-state index contributed by atoms with van der Waals surface area (Å²) in [5.41, 5.74) is 1.29. The lowest BCUT2D eigenvalue weighted by Gasteiger charge is -2.11. The highest BCUT2D eigenvalue weighted by Gasteiger charge is 2.17. The summed E-state index contributed by atoms with van der Waals surface area (Å²) in [5, 5.41) is 20.4. The van der Waals surface area contributed by atoms with Gasteiger partial charge in [-0.25, -0.2) is 4.39 Å². The number of rotatable bonds is 8. The van der Waals surface area contributed by atoms with Gasteiger partial charge < -0.3 is 14.6 Å². The van der Waals surface area contributed by atoms with Crippen molar-refractivity contribution in [3.05, 3.63) is 99.4 Å². The van der Waals surface area contributed by atoms with E-state index in [1.165, 1.54) is 37.5 Å². The van der Waals surface area contributed by atoms with Gasteiger partial charge in [-0.1, -0.05) is 12.1 Å². The van der Waals surface area contributed by atoms with Gasteiger partial charge in [0.1, 0.15) is 23.9 Å². The Labute approximate surface area is 177 Å². The zero-order valence-corrected chi connectivity index (χ0v) is 16.4. The van der Waals surface area contributed by atoms with Crippen LogP contribution in [0.2, 0.25) is 0 Å². The lowest BCUT2D eigenvalue weighted by atomic mass is 10.1. The zero-order valence-electron chi connectivity index (χ0n) is 16.4. The number of hydrogen-bond acceptors (Lipinski definition) is 6. The molecule has 31 heavy (non-hydrogen) atoms. The number of ether oxygens (including phenoxy) is 2. The third-order valence-electron chi connectivity index (χ3n) is 4.39. The predicted molar refractivity (Wildman–Crippen MR) is 112 cm³/mol. The molecular weight excluding hydrogens is 405 g/mol. The molecule has 0 unspecified atom stereocenters. The van der Waals surface area contributed by atoms with E-state index in [0.717, 1.165) is 18.2 Å². The van der Waals surface area contributed by atoms with E-state index in [0.29, 0.717) is 22.4 Å². The molecule has 3 rings (SSSR count). The molecule has 0 aliphatic heterocycles. The van der Waals surface area contributed by atoms with E-state index < -0.39 is 10.7 Å². The van der Waals surface area contributed by atoms with Crippen LogP contribution in [-0.2, 0) is 6.61 Å². The minimum absolute atomic E-state index is 0.0684. The molecule has 158 valence electrons. The minimum atomic E-state index is -0.656. The van der Waals surface area contributed by atoms with Gasteiger partial charge in [0.2, 0.25) is 0 Å². The molecule has 0 bridgehead atoms. The Hall–Kier alpha value is -4.20. The van der Waals surface area contributed by atoms with Gasteiger partial charge in [-0.15, -0.1) is 0 Å². The molecule has 0 spiro atoms. The number of nitro benzene ring substituents is 1. The van der Waals surface area contributed by atoms with E-state index in [9.17, 15) is 24.4 Å². The number of hydrogen-bond donors (Lipinski definition) is 1. The number of nitro groups is 1. The number of carbonyl (C=O) groups is 1. The SMILES string of the molecule is COc1ccc(/C=C/C(=O)c2ccc(O)cc2)cc1COc1cc(F)ccc1[N+](=O)[O-]. The van der Waals surface area contributed by atoms with Crippen LogP contribution in [0.15, 0.2) is 66.7 Å². The first kappa shape index (κ1) is 21.5. The number of nitrogens with zero attached hydrogens (tertiary/aromatic N) is 1. The van der Waals surface area contributed by atoms with Crippen molar-refractivity contribution in [1.29, 1.82) is 0 Å². The van der Waals surface area contributed by atoms with Crippen molar-refractivity contribution in [2.45, 2.75) is 6.61 Å². The molecular formula is C23H18FNO6. The van der Waals surface area contributed by atoms with Gasteiger partial charge in [0.25, 0.3) is 0 Å². The summed E-state index contributed by atoms with van der Waals surface area (Å²) in [6.07, 6.45) is 2.99. The molecule has 0 saturated heterocycles. The van der Waals surface area contributed by atoms with Crippen molar-refractivity contribution >= 4 is 17.5 Å². The quantitative estimate of drug-likeness (QED) is 0.239. The molecule has 0 heterocycles. The molecule has 0 atom stereocenters. The maximum atomic E-state index is 13.5. The topological polar surface area (TPSA) is 98.9 Å². The van der Waals surface area contributed by atoms with Crippen LogP contribution in [0.4, 0.5) is 10.1 Å². The van der Waals surface area contributed by atoms with Crippen molar-refractivity contribution in [2.24, 2.45) is 0 Å². The molecule has 0 aromatic heterocycles. The van der Waals surface area contributed by atoms with E-state index in [4.69, 9.17) is 9.47 Å². The van der Waals surface area contributed by atoms with E-state index in [1.54, 1.807) is 24.3 Å². The van der Waals surface area contributed by atoms with Gasteiger partial charge >= 0.3 is 5.69 Å². The molecule has 0 radical (unpaired) electrons. The van der Waals surface area contributed by atoms with E-state index in [2.05, 4.69) is 0 Å². The van der Waals surface area contributed by atoms with Gasteiger partial charge in [0.15, 0.2) is 11.5 Å². The van der Waals surface area contributed by atoms with Gasteiger partial charge in [-0.2, -0.15) is 0 Å². The standard InChI is InChI=1S/C23H18FNO6/c1-30-22-11-3-15(2-10-21(27)16-4-7-19(26)8-5-16)12-17(22)14-31-23-13-18(24)6-9-20(23)25(28)29/h2-13,26H,14H2,1H3/b10-2+. The fourth-order valence-corrected chi connectivity index (χ4v) is 2.82. The Morgan fingerprint density at radius 2 is 1.84 bits per heavy atom. The monoisotopic (exact) mass is 423 g/mol. The third-order valence-corrected chi connectivity index (χ3v) is 4.39. The lowest BCUT2D eigenvalue weighted by molar-refractivity contribution is -0.386. The van der Waals surface area contributed by atoms with E-state index in [-0.39, 0.29) is 29.6 Å². The summed E-state index contributed by atoms with van der Waals surface area (Å²) in [6.45, 7) is -0.110. The van der Waals surface area contributed by atoms with Crippen LogP contribution in [0.1, 0.15) is 21.5 Å². The molecule has 8 heteroatoms. The Bertz CT molecular complexity index is 1140. The van der Waals surface area contributed by atoms with Crippen LogP contribution in [0.5, 0.6) is 17.2 Å². The Balaban J connectivity index is 1.80. The summed E-state index contributed by atoms with van der Waals surface area (Å²) in [4.78, 5) is 22.7. The number of methoxy groups -OCH3 is 1. The predicted octanol–water partition coefficient (Wildman–Crippen LogP) is 4.92. The van der Waals surface area contributed by atoms with Crippen molar-refractivity contribution in [1.82, 2.24) is 0 Å². The van der Waals surface area contributed by atoms with Crippen molar-refractivity contribution < 1.29 is 28.7 Å². The summed E-state index contributed by atoms with van der Waals surface area (Å²) in [6, 6.07) is 14.0. The molecule has 0 aliphatic rings. The van der Waals surface area contributed by atoms with Crippen molar-refractivity contribution in [2.75, 3.05) is 7.11 Å². The van der Waals surface area contributed by atoms with Crippen LogP contribution in [0, 0.1) is 15.9 Å². The first-order valence-corrected chi connectivity index (χ1v) is 9.12. The number of phenols is 1. The Morgan fingerprint density at radius 3 is 2.52 bits per heavy atom. The Morgan fingerprint density at radius 1 is 1.10 bits per heavy atom. The highest BCUT2D eigenvalue weighted by Crippen LogP contribution is 2.30. The summed E-state index contributed by atoms with van der Waals surface area (Å²) < 4.78 is 24.3. The first-order valence-electron chi connectivity index (χ1n) is 9.12. The minimum Gasteiger partial charge on any atom is -0.508 e. The molecule has 0 fully saturated rings. The van der Waals surface area contributed by atoms with Crippen molar-refractivity contribution in [3.8, 4) is 17.2 Å². The molecule has 0 amide bonds. The second-order valence-corrected chi connectivity index (χ2v) is 6.47. The fraction of sp³-hybridized carbons (Fsp3) is 0.0870. The fourth-order valence-electron chi connectivity index (χ4n) is 2.82. The third kappa shape index (κ3) is 5.45. The Kier molecular flexibility index (Phi) is 6.61. The van der Waals surface area contributed by atoms with Gasteiger partial charge in [-0.3, -0.25) is 14.9 Å². The number of allylic oxidation sites excluding steroid dienone is 1. The molecule has 3 aromatic rings. The van der Waals surface area contributed by atoms with Crippen LogP contribution >= 0.6 is 0 Å². The molecule has 7 nitrogen and oxygen atoms in total. The highest BCUT2D eigenvalue weighted by molar-refractivity contribution is 6.06. The molecule has 1 N–H and O–H groups in total. The summed E-state index contributed by atoms with van der Waals surface area (Å²) in [5.74, 6) is -0.559. The van der Waals surface area contributed by atoms with Crippen LogP contribution in [0.3, 0.4) is 0 Å². The maximum absolute atomic E-state index is 13.5. The number of halogens is 1. The average molecular weight is 423 g/mol. The number of carbonyl (C=O) groups excluding carboxylic acids is 1. The molecule has 0 aliphatic carbocycles. The highest BCUT2D eigenvalue weighted by atomic mass is 19.1. The average Bonchev–Trinajstić information content (AvgIpc) is 2.76. The van der Waals surface area contributed by atoms with Gasteiger partial charge in [0, 0.05) is 23.3 Å². The lowest BCUT2D eigenvalue weighted by Crippen LogP contribution is -2.02. The number of phenolic OH excluding ortho intramolecular Hbond substituents is 1. The smallest absolute Gasteiger partial charge is 0.311 e. The summed E-state index contributed by atoms with van der Waals surface area (Å²) in [7, 11) is 1.47. The second kappa shape index (κ2) is 9.53. The largest absolute Gasteiger partial charge is 0.508 e.